The largest absolute Gasteiger partial charge is 0.417 e. The minimum absolute atomic E-state index is 0.152. The van der Waals surface area contributed by atoms with Gasteiger partial charge in [0.15, 0.2) is 0 Å². The van der Waals surface area contributed by atoms with Crippen LogP contribution in [0.15, 0.2) is 22.7 Å². The van der Waals surface area contributed by atoms with Crippen molar-refractivity contribution < 1.29 is 22.7 Å². The molecule has 8 heteroatoms. The maximum Gasteiger partial charge on any atom is 0.417 e. The molecule has 0 aliphatic rings. The van der Waals surface area contributed by atoms with Crippen molar-refractivity contribution in [2.45, 2.75) is 11.0 Å². The lowest BCUT2D eigenvalue weighted by Gasteiger charge is -2.22. The molecular formula is C13H14Br2F3NO2. The molecule has 1 aromatic rings. The molecule has 0 aliphatic heterocycles. The molecule has 1 atom stereocenters. The zero-order chi connectivity index (χ0) is 16.2. The highest BCUT2D eigenvalue weighted by molar-refractivity contribution is 9.10. The Morgan fingerprint density at radius 3 is 2.57 bits per heavy atom. The van der Waals surface area contributed by atoms with Gasteiger partial charge in [-0.05, 0) is 18.2 Å². The van der Waals surface area contributed by atoms with E-state index in [1.165, 1.54) is 31.2 Å². The molecule has 0 saturated carbocycles. The Morgan fingerprint density at radius 1 is 1.43 bits per heavy atom. The van der Waals surface area contributed by atoms with Gasteiger partial charge in [-0.1, -0.05) is 31.9 Å². The highest BCUT2D eigenvalue weighted by Gasteiger charge is 2.36. The number of carbonyl (C=O) groups excluding carboxylic acids is 1. The van der Waals surface area contributed by atoms with E-state index in [0.29, 0.717) is 6.61 Å². The summed E-state index contributed by atoms with van der Waals surface area (Å²) in [6, 6.07) is 3.49. The lowest BCUT2D eigenvalue weighted by molar-refractivity contribution is -0.138. The van der Waals surface area contributed by atoms with Crippen molar-refractivity contribution in [1.82, 2.24) is 4.90 Å². The monoisotopic (exact) mass is 431 g/mol. The summed E-state index contributed by atoms with van der Waals surface area (Å²) in [6.45, 7) is 0.587. The molecule has 0 saturated heterocycles. The second-order valence-corrected chi connectivity index (χ2v) is 6.64. The zero-order valence-corrected chi connectivity index (χ0v) is 14.5. The maximum absolute atomic E-state index is 13.0. The molecule has 0 spiro atoms. The molecule has 0 radical (unpaired) electrons. The molecule has 0 heterocycles. The van der Waals surface area contributed by atoms with E-state index >= 15 is 0 Å². The number of alkyl halides is 4. The minimum atomic E-state index is -4.59. The molecule has 0 N–H and O–H groups in total. The predicted octanol–water partition coefficient (Wildman–Crippen LogP) is 3.95. The number of ether oxygens (including phenoxy) is 1. The van der Waals surface area contributed by atoms with Crippen LogP contribution in [0, 0.1) is 0 Å². The van der Waals surface area contributed by atoms with E-state index in [4.69, 9.17) is 4.74 Å². The van der Waals surface area contributed by atoms with E-state index in [0.717, 1.165) is 6.07 Å². The Labute approximate surface area is 137 Å². The van der Waals surface area contributed by atoms with Gasteiger partial charge in [-0.15, -0.1) is 0 Å². The smallest absolute Gasteiger partial charge is 0.383 e. The Kier molecular flexibility index (Phi) is 6.68. The fourth-order valence-corrected chi connectivity index (χ4v) is 2.82. The normalized spacial score (nSPS) is 13.1. The summed E-state index contributed by atoms with van der Waals surface area (Å²) in [4.78, 5) is 13.3. The van der Waals surface area contributed by atoms with Crippen LogP contribution in [0.2, 0.25) is 0 Å². The Balaban J connectivity index is 3.02. The van der Waals surface area contributed by atoms with Crippen LogP contribution in [-0.2, 0) is 10.9 Å². The first-order valence-corrected chi connectivity index (χ1v) is 7.63. The minimum Gasteiger partial charge on any atom is -0.383 e. The summed E-state index contributed by atoms with van der Waals surface area (Å²) in [5.41, 5.74) is -1.32. The molecular weight excluding hydrogens is 419 g/mol. The van der Waals surface area contributed by atoms with Crippen LogP contribution in [0.1, 0.15) is 15.9 Å². The summed E-state index contributed by atoms with van der Waals surface area (Å²) in [5, 5.41) is 0. The fourth-order valence-electron chi connectivity index (χ4n) is 1.76. The van der Waals surface area contributed by atoms with E-state index in [2.05, 4.69) is 31.9 Å². The van der Waals surface area contributed by atoms with Gasteiger partial charge in [-0.2, -0.15) is 13.2 Å². The van der Waals surface area contributed by atoms with Gasteiger partial charge in [0.05, 0.1) is 22.6 Å². The Hall–Kier alpha value is -0.600. The van der Waals surface area contributed by atoms with Gasteiger partial charge in [0, 0.05) is 25.2 Å². The number of benzene rings is 1. The molecule has 0 aromatic heterocycles. The van der Waals surface area contributed by atoms with Crippen LogP contribution in [0.4, 0.5) is 13.2 Å². The summed E-state index contributed by atoms with van der Waals surface area (Å²) in [6.07, 6.45) is -4.59. The van der Waals surface area contributed by atoms with Gasteiger partial charge in [0.2, 0.25) is 0 Å². The number of nitrogens with zero attached hydrogens (tertiary/aromatic N) is 1. The SMILES string of the molecule is COCC(Br)CN(C)C(=O)c1ccc(Br)cc1C(F)(F)F. The molecule has 3 nitrogen and oxygen atoms in total. The van der Waals surface area contributed by atoms with Gasteiger partial charge in [0.25, 0.3) is 5.91 Å². The molecule has 1 unspecified atom stereocenters. The lowest BCUT2D eigenvalue weighted by Crippen LogP contribution is -2.34. The van der Waals surface area contributed by atoms with E-state index in [9.17, 15) is 18.0 Å². The number of hydrogen-bond acceptors (Lipinski definition) is 2. The van der Waals surface area contributed by atoms with Gasteiger partial charge >= 0.3 is 6.18 Å². The molecule has 0 fully saturated rings. The highest BCUT2D eigenvalue weighted by Crippen LogP contribution is 2.34. The average Bonchev–Trinajstić information content (AvgIpc) is 2.37. The Bertz CT molecular complexity index is 509. The van der Waals surface area contributed by atoms with Crippen molar-refractivity contribution in [1.29, 1.82) is 0 Å². The van der Waals surface area contributed by atoms with E-state index in [-0.39, 0.29) is 21.4 Å². The third-order valence-corrected chi connectivity index (χ3v) is 3.73. The summed E-state index contributed by atoms with van der Waals surface area (Å²) >= 11 is 6.29. The van der Waals surface area contributed by atoms with Crippen LogP contribution >= 0.6 is 31.9 Å². The van der Waals surface area contributed by atoms with E-state index in [1.807, 2.05) is 0 Å². The highest BCUT2D eigenvalue weighted by atomic mass is 79.9. The lowest BCUT2D eigenvalue weighted by atomic mass is 10.1. The molecule has 1 rings (SSSR count). The third kappa shape index (κ3) is 5.27. The van der Waals surface area contributed by atoms with Crippen molar-refractivity contribution >= 4 is 37.8 Å². The van der Waals surface area contributed by atoms with Crippen molar-refractivity contribution in [2.75, 3.05) is 27.3 Å². The number of hydrogen-bond donors (Lipinski definition) is 0. The summed E-state index contributed by atoms with van der Waals surface area (Å²) in [5.74, 6) is -0.685. The van der Waals surface area contributed by atoms with Crippen LogP contribution < -0.4 is 0 Å². The molecule has 118 valence electrons. The quantitative estimate of drug-likeness (QED) is 0.659. The summed E-state index contributed by atoms with van der Waals surface area (Å²) < 4.78 is 44.2. The first-order chi connectivity index (χ1) is 9.66. The number of methoxy groups -OCH3 is 1. The van der Waals surface area contributed by atoms with E-state index < -0.39 is 17.6 Å². The number of carbonyl (C=O) groups is 1. The van der Waals surface area contributed by atoms with Gasteiger partial charge in [-0.25, -0.2) is 0 Å². The van der Waals surface area contributed by atoms with Crippen LogP contribution in [0.5, 0.6) is 0 Å². The van der Waals surface area contributed by atoms with Gasteiger partial charge in [-0.3, -0.25) is 4.79 Å². The van der Waals surface area contributed by atoms with Crippen molar-refractivity contribution in [3.8, 4) is 0 Å². The Morgan fingerprint density at radius 2 is 2.05 bits per heavy atom. The van der Waals surface area contributed by atoms with Crippen LogP contribution in [0.25, 0.3) is 0 Å². The van der Waals surface area contributed by atoms with Crippen LogP contribution in [-0.4, -0.2) is 42.9 Å². The molecule has 0 aliphatic carbocycles. The molecule has 21 heavy (non-hydrogen) atoms. The van der Waals surface area contributed by atoms with Crippen LogP contribution in [0.3, 0.4) is 0 Å². The second kappa shape index (κ2) is 7.60. The number of amides is 1. The molecule has 1 aromatic carbocycles. The zero-order valence-electron chi connectivity index (χ0n) is 11.4. The topological polar surface area (TPSA) is 29.5 Å². The number of halogens is 5. The molecule has 0 bridgehead atoms. The average molecular weight is 433 g/mol. The van der Waals surface area contributed by atoms with Gasteiger partial charge in [0.1, 0.15) is 0 Å². The number of rotatable bonds is 5. The predicted molar refractivity (Wildman–Crippen MR) is 80.7 cm³/mol. The fraction of sp³-hybridized carbons (Fsp3) is 0.462. The third-order valence-electron chi connectivity index (χ3n) is 2.68. The molecule has 1 amide bonds. The standard InChI is InChI=1S/C13H14Br2F3NO2/c1-19(6-9(15)7-21-2)12(20)10-4-3-8(14)5-11(10)13(16,17)18/h3-5,9H,6-7H2,1-2H3. The maximum atomic E-state index is 13.0. The van der Waals surface area contributed by atoms with Crippen molar-refractivity contribution in [3.05, 3.63) is 33.8 Å². The first kappa shape index (κ1) is 18.4. The van der Waals surface area contributed by atoms with Crippen molar-refractivity contribution in [2.24, 2.45) is 0 Å². The van der Waals surface area contributed by atoms with E-state index in [1.54, 1.807) is 0 Å². The summed E-state index contributed by atoms with van der Waals surface area (Å²) in [7, 11) is 2.96. The van der Waals surface area contributed by atoms with Gasteiger partial charge < -0.3 is 9.64 Å². The van der Waals surface area contributed by atoms with Crippen molar-refractivity contribution in [3.63, 3.8) is 0 Å². The first-order valence-electron chi connectivity index (χ1n) is 5.92. The second-order valence-electron chi connectivity index (χ2n) is 4.43.